The molecule has 3 aromatic carbocycles. The number of hydrogen-bond donors (Lipinski definition) is 2. The van der Waals surface area contributed by atoms with E-state index in [1.165, 1.54) is 43.7 Å². The van der Waals surface area contributed by atoms with E-state index in [-0.39, 0.29) is 23.6 Å². The predicted octanol–water partition coefficient (Wildman–Crippen LogP) is 6.76. The molecule has 0 radical (unpaired) electrons. The minimum atomic E-state index is -1.23. The molecule has 5 heteroatoms. The highest BCUT2D eigenvalue weighted by Crippen LogP contribution is 2.33. The van der Waals surface area contributed by atoms with E-state index >= 15 is 0 Å². The minimum absolute atomic E-state index is 0.137. The Morgan fingerprint density at radius 1 is 0.969 bits per heavy atom. The lowest BCUT2D eigenvalue weighted by molar-refractivity contribution is 0.0691. The summed E-state index contributed by atoms with van der Waals surface area (Å²) >= 11 is 0. The monoisotopic (exact) mass is 433 g/mol. The molecule has 32 heavy (non-hydrogen) atoms. The number of nitrogens with one attached hydrogen (secondary N) is 1. The van der Waals surface area contributed by atoms with Crippen LogP contribution in [0.1, 0.15) is 65.1 Å². The molecule has 1 fully saturated rings. The molecule has 0 unspecified atom stereocenters. The third kappa shape index (κ3) is 5.47. The van der Waals surface area contributed by atoms with E-state index in [1.54, 1.807) is 0 Å². The van der Waals surface area contributed by atoms with Crippen molar-refractivity contribution in [2.45, 2.75) is 51.2 Å². The Labute approximate surface area is 188 Å². The molecule has 0 saturated heterocycles. The molecule has 0 heterocycles. The molecular formula is C27H28FNO3. The molecule has 2 N–H and O–H groups in total. The third-order valence-corrected chi connectivity index (χ3v) is 6.08. The largest absolute Gasteiger partial charge is 0.488 e. The van der Waals surface area contributed by atoms with E-state index in [1.807, 2.05) is 30.3 Å². The third-order valence-electron chi connectivity index (χ3n) is 6.08. The smallest absolute Gasteiger partial charge is 0.339 e. The van der Waals surface area contributed by atoms with Crippen LogP contribution in [0.25, 0.3) is 0 Å². The van der Waals surface area contributed by atoms with Gasteiger partial charge in [-0.15, -0.1) is 0 Å². The van der Waals surface area contributed by atoms with Gasteiger partial charge in [-0.3, -0.25) is 0 Å². The second-order valence-corrected chi connectivity index (χ2v) is 8.34. The van der Waals surface area contributed by atoms with Crippen LogP contribution in [0, 0.1) is 5.82 Å². The second-order valence-electron chi connectivity index (χ2n) is 8.34. The van der Waals surface area contributed by atoms with Crippen molar-refractivity contribution in [2.75, 3.05) is 5.32 Å². The Balaban J connectivity index is 1.45. The molecule has 0 aliphatic heterocycles. The quantitative estimate of drug-likeness (QED) is 0.412. The lowest BCUT2D eigenvalue weighted by Crippen LogP contribution is -2.08. The van der Waals surface area contributed by atoms with E-state index in [2.05, 4.69) is 29.6 Å². The average Bonchev–Trinajstić information content (AvgIpc) is 2.83. The summed E-state index contributed by atoms with van der Waals surface area (Å²) in [6.07, 6.45) is 6.44. The zero-order valence-electron chi connectivity index (χ0n) is 18.0. The molecule has 166 valence electrons. The molecule has 4 rings (SSSR count). The van der Waals surface area contributed by atoms with Gasteiger partial charge in [-0.05, 0) is 41.5 Å². The zero-order valence-corrected chi connectivity index (χ0v) is 18.0. The minimum Gasteiger partial charge on any atom is -0.488 e. The summed E-state index contributed by atoms with van der Waals surface area (Å²) in [6, 6.07) is 20.4. The molecule has 1 aliphatic rings. The number of anilines is 1. The fourth-order valence-electron chi connectivity index (χ4n) is 4.25. The van der Waals surface area contributed by atoms with Gasteiger partial charge in [0, 0.05) is 12.6 Å². The van der Waals surface area contributed by atoms with Crippen LogP contribution in [0.5, 0.6) is 5.75 Å². The van der Waals surface area contributed by atoms with E-state index in [0.717, 1.165) is 17.2 Å². The van der Waals surface area contributed by atoms with Crippen LogP contribution in [0.4, 0.5) is 10.1 Å². The Kier molecular flexibility index (Phi) is 7.05. The lowest BCUT2D eigenvalue weighted by atomic mass is 9.84. The van der Waals surface area contributed by atoms with Gasteiger partial charge in [0.1, 0.15) is 23.7 Å². The molecule has 0 bridgehead atoms. The Hall–Kier alpha value is -3.34. The van der Waals surface area contributed by atoms with Gasteiger partial charge in [0.25, 0.3) is 0 Å². The first-order valence-corrected chi connectivity index (χ1v) is 11.2. The first kappa shape index (κ1) is 21.9. The van der Waals surface area contributed by atoms with Crippen molar-refractivity contribution in [3.8, 4) is 5.75 Å². The van der Waals surface area contributed by atoms with Crippen molar-refractivity contribution in [3.63, 3.8) is 0 Å². The highest BCUT2D eigenvalue weighted by molar-refractivity contribution is 5.91. The summed E-state index contributed by atoms with van der Waals surface area (Å²) in [5.41, 5.74) is 3.34. The van der Waals surface area contributed by atoms with Crippen LogP contribution in [-0.2, 0) is 13.2 Å². The van der Waals surface area contributed by atoms with E-state index in [0.29, 0.717) is 12.5 Å². The number of carboxylic acids is 1. The number of rotatable bonds is 8. The molecule has 0 aromatic heterocycles. The second kappa shape index (κ2) is 10.3. The maximum absolute atomic E-state index is 14.6. The van der Waals surface area contributed by atoms with Crippen LogP contribution in [0.15, 0.2) is 66.7 Å². The molecule has 3 aromatic rings. The molecule has 0 atom stereocenters. The van der Waals surface area contributed by atoms with Crippen molar-refractivity contribution >= 4 is 11.7 Å². The van der Waals surface area contributed by atoms with Crippen LogP contribution in [-0.4, -0.2) is 11.1 Å². The Bertz CT molecular complexity index is 1040. The summed E-state index contributed by atoms with van der Waals surface area (Å²) in [7, 11) is 0. The summed E-state index contributed by atoms with van der Waals surface area (Å²) in [6.45, 7) is 0.640. The van der Waals surface area contributed by atoms with Gasteiger partial charge in [0.15, 0.2) is 0 Å². The van der Waals surface area contributed by atoms with Gasteiger partial charge in [0.05, 0.1) is 5.69 Å². The van der Waals surface area contributed by atoms with Crippen molar-refractivity contribution in [1.82, 2.24) is 0 Å². The summed E-state index contributed by atoms with van der Waals surface area (Å²) in [4.78, 5) is 11.6. The van der Waals surface area contributed by atoms with Gasteiger partial charge < -0.3 is 15.2 Å². The van der Waals surface area contributed by atoms with Crippen molar-refractivity contribution < 1.29 is 19.0 Å². The Morgan fingerprint density at radius 2 is 1.69 bits per heavy atom. The fraction of sp³-hybridized carbons (Fsp3) is 0.296. The number of halogens is 1. The summed E-state index contributed by atoms with van der Waals surface area (Å²) in [5.74, 6) is -1.06. The summed E-state index contributed by atoms with van der Waals surface area (Å²) in [5, 5.41) is 12.5. The lowest BCUT2D eigenvalue weighted by Gasteiger charge is -2.22. The highest BCUT2D eigenvalue weighted by Gasteiger charge is 2.17. The SMILES string of the molecule is O=C(O)c1cc(F)c(NCc2ccc(C3CCCCC3)cc2)cc1OCc1ccccc1. The molecule has 1 aliphatic carbocycles. The fourth-order valence-corrected chi connectivity index (χ4v) is 4.25. The van der Waals surface area contributed by atoms with Crippen molar-refractivity contribution in [3.05, 3.63) is 94.8 Å². The first-order valence-electron chi connectivity index (χ1n) is 11.2. The maximum atomic E-state index is 14.6. The normalized spacial score (nSPS) is 14.2. The predicted molar refractivity (Wildman–Crippen MR) is 124 cm³/mol. The topological polar surface area (TPSA) is 58.6 Å². The van der Waals surface area contributed by atoms with Gasteiger partial charge >= 0.3 is 5.97 Å². The number of carboxylic acid groups (broad SMARTS) is 1. The highest BCUT2D eigenvalue weighted by atomic mass is 19.1. The average molecular weight is 434 g/mol. The van der Waals surface area contributed by atoms with Gasteiger partial charge in [0.2, 0.25) is 0 Å². The first-order chi connectivity index (χ1) is 15.6. The standard InChI is InChI=1S/C27H28FNO3/c28-24-15-23(27(30)31)26(32-18-20-7-3-1-4-8-20)16-25(24)29-17-19-11-13-22(14-12-19)21-9-5-2-6-10-21/h1,3-4,7-8,11-16,21,29H,2,5-6,9-10,17-18H2,(H,30,31). The Morgan fingerprint density at radius 3 is 2.38 bits per heavy atom. The maximum Gasteiger partial charge on any atom is 0.339 e. The van der Waals surface area contributed by atoms with Crippen LogP contribution in [0.3, 0.4) is 0 Å². The number of hydrogen-bond acceptors (Lipinski definition) is 3. The van der Waals surface area contributed by atoms with E-state index < -0.39 is 11.8 Å². The van der Waals surface area contributed by atoms with Crippen molar-refractivity contribution in [2.24, 2.45) is 0 Å². The van der Waals surface area contributed by atoms with Crippen LogP contribution in [0.2, 0.25) is 0 Å². The van der Waals surface area contributed by atoms with Crippen molar-refractivity contribution in [1.29, 1.82) is 0 Å². The van der Waals surface area contributed by atoms with Crippen LogP contribution < -0.4 is 10.1 Å². The zero-order chi connectivity index (χ0) is 22.3. The van der Waals surface area contributed by atoms with Crippen LogP contribution >= 0.6 is 0 Å². The van der Waals surface area contributed by atoms with Gasteiger partial charge in [-0.2, -0.15) is 0 Å². The molecule has 4 nitrogen and oxygen atoms in total. The van der Waals surface area contributed by atoms with Gasteiger partial charge in [-0.1, -0.05) is 73.9 Å². The van der Waals surface area contributed by atoms with Gasteiger partial charge in [-0.25, -0.2) is 9.18 Å². The number of aromatic carboxylic acids is 1. The molecular weight excluding hydrogens is 405 g/mol. The van der Waals surface area contributed by atoms with E-state index in [9.17, 15) is 14.3 Å². The molecule has 1 saturated carbocycles. The summed E-state index contributed by atoms with van der Waals surface area (Å²) < 4.78 is 20.3. The number of ether oxygens (including phenoxy) is 1. The van der Waals surface area contributed by atoms with E-state index in [4.69, 9.17) is 4.74 Å². The number of benzene rings is 3. The molecule has 0 amide bonds. The molecule has 0 spiro atoms. The number of carbonyl (C=O) groups is 1.